The lowest BCUT2D eigenvalue weighted by Crippen LogP contribution is -2.23. The van der Waals surface area contributed by atoms with Crippen molar-refractivity contribution in [2.75, 3.05) is 13.7 Å². The van der Waals surface area contributed by atoms with E-state index in [1.54, 1.807) is 18.2 Å². The van der Waals surface area contributed by atoms with Crippen LogP contribution in [-0.2, 0) is 11.3 Å². The van der Waals surface area contributed by atoms with Gasteiger partial charge in [-0.3, -0.25) is 9.59 Å². The second-order valence-corrected chi connectivity index (χ2v) is 6.14. The molecule has 5 nitrogen and oxygen atoms in total. The average molecular weight is 355 g/mol. The third-order valence-electron chi connectivity index (χ3n) is 3.95. The van der Waals surface area contributed by atoms with Gasteiger partial charge in [-0.1, -0.05) is 29.8 Å². The summed E-state index contributed by atoms with van der Waals surface area (Å²) in [7, 11) is 1.53. The summed E-state index contributed by atoms with van der Waals surface area (Å²) < 4.78 is 10.9. The first-order chi connectivity index (χ1) is 12.5. The highest BCUT2D eigenvalue weighted by molar-refractivity contribution is 5.94. The minimum atomic E-state index is -0.0277. The predicted molar refractivity (Wildman–Crippen MR) is 101 cm³/mol. The molecule has 2 aromatic carbocycles. The maximum Gasteiger partial charge on any atom is 0.220 e. The summed E-state index contributed by atoms with van der Waals surface area (Å²) in [6, 6.07) is 13.1. The fourth-order valence-corrected chi connectivity index (χ4v) is 2.53. The van der Waals surface area contributed by atoms with Gasteiger partial charge >= 0.3 is 0 Å². The van der Waals surface area contributed by atoms with E-state index in [9.17, 15) is 9.59 Å². The molecule has 1 N–H and O–H groups in total. The van der Waals surface area contributed by atoms with Crippen molar-refractivity contribution < 1.29 is 19.1 Å². The third-order valence-corrected chi connectivity index (χ3v) is 3.95. The van der Waals surface area contributed by atoms with Gasteiger partial charge < -0.3 is 14.8 Å². The number of carbonyl (C=O) groups is 2. The molecule has 0 saturated carbocycles. The highest BCUT2D eigenvalue weighted by atomic mass is 16.5. The Morgan fingerprint density at radius 2 is 1.88 bits per heavy atom. The molecule has 2 rings (SSSR count). The van der Waals surface area contributed by atoms with Crippen LogP contribution in [0, 0.1) is 6.92 Å². The molecule has 26 heavy (non-hydrogen) atoms. The molecule has 2 aromatic rings. The maximum atomic E-state index is 11.9. The van der Waals surface area contributed by atoms with E-state index in [1.807, 2.05) is 25.1 Å². The van der Waals surface area contributed by atoms with Gasteiger partial charge in [-0.05, 0) is 44.0 Å². The van der Waals surface area contributed by atoms with Crippen LogP contribution in [0.1, 0.15) is 41.3 Å². The Kier molecular flexibility index (Phi) is 7.21. The Morgan fingerprint density at radius 1 is 1.08 bits per heavy atom. The fourth-order valence-electron chi connectivity index (χ4n) is 2.53. The summed E-state index contributed by atoms with van der Waals surface area (Å²) >= 11 is 0. The molecule has 0 fully saturated rings. The largest absolute Gasteiger partial charge is 0.493 e. The van der Waals surface area contributed by atoms with Gasteiger partial charge in [0.2, 0.25) is 5.91 Å². The van der Waals surface area contributed by atoms with Gasteiger partial charge in [0.15, 0.2) is 17.3 Å². The van der Waals surface area contributed by atoms with Crippen molar-refractivity contribution in [2.45, 2.75) is 33.2 Å². The summed E-state index contributed by atoms with van der Waals surface area (Å²) in [4.78, 5) is 23.3. The number of ether oxygens (including phenoxy) is 2. The SMILES string of the molecule is COc1cc(C(C)=O)ccc1OCCCC(=O)NCc1cccc(C)c1. The highest BCUT2D eigenvalue weighted by Gasteiger charge is 2.09. The Labute approximate surface area is 154 Å². The maximum absolute atomic E-state index is 11.9. The fraction of sp³-hybridized carbons (Fsp3) is 0.333. The molecule has 0 aromatic heterocycles. The molecule has 0 aliphatic heterocycles. The summed E-state index contributed by atoms with van der Waals surface area (Å²) in [5, 5.41) is 2.91. The van der Waals surface area contributed by atoms with Crippen molar-refractivity contribution in [3.05, 3.63) is 59.2 Å². The minimum Gasteiger partial charge on any atom is -0.493 e. The molecule has 5 heteroatoms. The first kappa shape index (κ1) is 19.5. The molecule has 0 radical (unpaired) electrons. The lowest BCUT2D eigenvalue weighted by Gasteiger charge is -2.11. The van der Waals surface area contributed by atoms with E-state index in [4.69, 9.17) is 9.47 Å². The monoisotopic (exact) mass is 355 g/mol. The molecule has 1 amide bonds. The topological polar surface area (TPSA) is 64.6 Å². The van der Waals surface area contributed by atoms with E-state index < -0.39 is 0 Å². The molecule has 0 aliphatic rings. The number of hydrogen-bond acceptors (Lipinski definition) is 4. The second kappa shape index (κ2) is 9.61. The third kappa shape index (κ3) is 5.92. The lowest BCUT2D eigenvalue weighted by molar-refractivity contribution is -0.121. The number of carbonyl (C=O) groups excluding carboxylic acids is 2. The summed E-state index contributed by atoms with van der Waals surface area (Å²) in [5.74, 6) is 1.05. The number of rotatable bonds is 9. The number of ketones is 1. The number of aryl methyl sites for hydroxylation is 1. The van der Waals surface area contributed by atoms with Gasteiger partial charge in [0.1, 0.15) is 0 Å². The molecule has 0 spiro atoms. The van der Waals surface area contributed by atoms with Crippen LogP contribution in [0.5, 0.6) is 11.5 Å². The molecule has 0 heterocycles. The van der Waals surface area contributed by atoms with Crippen molar-refractivity contribution in [1.82, 2.24) is 5.32 Å². The average Bonchev–Trinajstić information content (AvgIpc) is 2.63. The highest BCUT2D eigenvalue weighted by Crippen LogP contribution is 2.28. The molecule has 0 aliphatic carbocycles. The van der Waals surface area contributed by atoms with Crippen LogP contribution < -0.4 is 14.8 Å². The predicted octanol–water partition coefficient (Wildman–Crippen LogP) is 3.68. The Bertz CT molecular complexity index is 770. The zero-order chi connectivity index (χ0) is 18.9. The molecule has 138 valence electrons. The number of amides is 1. The summed E-state index contributed by atoms with van der Waals surface area (Å²) in [6.45, 7) is 4.46. The van der Waals surface area contributed by atoms with Crippen LogP contribution in [0.2, 0.25) is 0 Å². The van der Waals surface area contributed by atoms with Gasteiger partial charge in [0.25, 0.3) is 0 Å². The molecular weight excluding hydrogens is 330 g/mol. The van der Waals surface area contributed by atoms with Crippen molar-refractivity contribution >= 4 is 11.7 Å². The van der Waals surface area contributed by atoms with E-state index in [1.165, 1.54) is 19.6 Å². The smallest absolute Gasteiger partial charge is 0.220 e. The van der Waals surface area contributed by atoms with E-state index in [0.717, 1.165) is 5.56 Å². The van der Waals surface area contributed by atoms with Crippen LogP contribution in [0.4, 0.5) is 0 Å². The number of nitrogens with one attached hydrogen (secondary N) is 1. The van der Waals surface area contributed by atoms with E-state index in [0.29, 0.717) is 43.1 Å². The van der Waals surface area contributed by atoms with Gasteiger partial charge in [-0.25, -0.2) is 0 Å². The van der Waals surface area contributed by atoms with E-state index in [-0.39, 0.29) is 11.7 Å². The van der Waals surface area contributed by atoms with Gasteiger partial charge in [-0.2, -0.15) is 0 Å². The Morgan fingerprint density at radius 3 is 2.58 bits per heavy atom. The summed E-state index contributed by atoms with van der Waals surface area (Å²) in [6.07, 6.45) is 0.983. The van der Waals surface area contributed by atoms with Gasteiger partial charge in [-0.15, -0.1) is 0 Å². The zero-order valence-electron chi connectivity index (χ0n) is 15.5. The molecule has 0 saturated heterocycles. The van der Waals surface area contributed by atoms with Crippen LogP contribution in [0.25, 0.3) is 0 Å². The molecular formula is C21H25NO4. The number of benzene rings is 2. The van der Waals surface area contributed by atoms with E-state index in [2.05, 4.69) is 11.4 Å². The Hall–Kier alpha value is -2.82. The van der Waals surface area contributed by atoms with E-state index >= 15 is 0 Å². The van der Waals surface area contributed by atoms with Crippen molar-refractivity contribution in [2.24, 2.45) is 0 Å². The Balaban J connectivity index is 1.74. The number of hydrogen-bond donors (Lipinski definition) is 1. The molecule has 0 unspecified atom stereocenters. The van der Waals surface area contributed by atoms with Crippen LogP contribution in [-0.4, -0.2) is 25.4 Å². The molecule has 0 atom stereocenters. The first-order valence-corrected chi connectivity index (χ1v) is 8.63. The number of methoxy groups -OCH3 is 1. The zero-order valence-corrected chi connectivity index (χ0v) is 15.5. The summed E-state index contributed by atoms with van der Waals surface area (Å²) in [5.41, 5.74) is 2.84. The standard InChI is InChI=1S/C21H25NO4/c1-15-6-4-7-17(12-15)14-22-21(24)8-5-11-26-19-10-9-18(16(2)23)13-20(19)25-3/h4,6-7,9-10,12-13H,5,8,11,14H2,1-3H3,(H,22,24). The normalized spacial score (nSPS) is 10.3. The molecule has 0 bridgehead atoms. The van der Waals surface area contributed by atoms with Crippen molar-refractivity contribution in [3.8, 4) is 11.5 Å². The number of Topliss-reactive ketones (excluding diaryl/α,β-unsaturated/α-hetero) is 1. The second-order valence-electron chi connectivity index (χ2n) is 6.14. The van der Waals surface area contributed by atoms with Crippen LogP contribution in [0.3, 0.4) is 0 Å². The van der Waals surface area contributed by atoms with Crippen LogP contribution >= 0.6 is 0 Å². The quantitative estimate of drug-likeness (QED) is 0.550. The van der Waals surface area contributed by atoms with Crippen molar-refractivity contribution in [1.29, 1.82) is 0 Å². The lowest BCUT2D eigenvalue weighted by atomic mass is 10.1. The van der Waals surface area contributed by atoms with Crippen molar-refractivity contribution in [3.63, 3.8) is 0 Å². The first-order valence-electron chi connectivity index (χ1n) is 8.63. The minimum absolute atomic E-state index is 0.00556. The van der Waals surface area contributed by atoms with Gasteiger partial charge in [0, 0.05) is 18.5 Å². The van der Waals surface area contributed by atoms with Gasteiger partial charge in [0.05, 0.1) is 13.7 Å². The van der Waals surface area contributed by atoms with Crippen LogP contribution in [0.15, 0.2) is 42.5 Å².